The minimum atomic E-state index is -4.59. The summed E-state index contributed by atoms with van der Waals surface area (Å²) in [4.78, 5) is 7.90. The van der Waals surface area contributed by atoms with Crippen molar-refractivity contribution < 1.29 is 21.6 Å². The van der Waals surface area contributed by atoms with Gasteiger partial charge < -0.3 is 4.57 Å². The second-order valence-electron chi connectivity index (χ2n) is 6.76. The van der Waals surface area contributed by atoms with E-state index in [9.17, 15) is 21.6 Å². The molecular weight excluding hydrogens is 395 g/mol. The molecule has 3 aromatic rings. The summed E-state index contributed by atoms with van der Waals surface area (Å²) in [5, 5.41) is 4.47. The van der Waals surface area contributed by atoms with E-state index in [1.807, 2.05) is 0 Å². The van der Waals surface area contributed by atoms with Crippen molar-refractivity contribution >= 4 is 20.9 Å². The van der Waals surface area contributed by atoms with Crippen molar-refractivity contribution in [1.82, 2.24) is 24.3 Å². The van der Waals surface area contributed by atoms with Gasteiger partial charge in [0, 0.05) is 13.6 Å². The number of nitrogens with zero attached hydrogens (tertiary/aromatic N) is 5. The van der Waals surface area contributed by atoms with E-state index >= 15 is 0 Å². The van der Waals surface area contributed by atoms with E-state index in [-0.39, 0.29) is 27.7 Å². The third-order valence-electron chi connectivity index (χ3n) is 5.00. The molecule has 1 aliphatic heterocycles. The standard InChI is InChI=1S/C17H18F3N5O2S/c1-3-28(26,27)15-11-6-4-5-7-25(11)23-14(15)16-22-10-8-13(17(18,19)20)21-9-12(10)24(16)2/h8-9H,3-7H2,1-2H3. The molecule has 7 nitrogen and oxygen atoms in total. The molecule has 0 fully saturated rings. The summed E-state index contributed by atoms with van der Waals surface area (Å²) >= 11 is 0. The normalized spacial score (nSPS) is 15.2. The fraction of sp³-hybridized carbons (Fsp3) is 0.471. The zero-order chi connectivity index (χ0) is 20.3. The zero-order valence-corrected chi connectivity index (χ0v) is 16.1. The highest BCUT2D eigenvalue weighted by Gasteiger charge is 2.34. The molecule has 0 saturated carbocycles. The molecule has 0 aromatic carbocycles. The predicted molar refractivity (Wildman–Crippen MR) is 95.4 cm³/mol. The number of aryl methyl sites for hydroxylation is 2. The Morgan fingerprint density at radius 3 is 2.68 bits per heavy atom. The highest BCUT2D eigenvalue weighted by atomic mass is 32.2. The van der Waals surface area contributed by atoms with Crippen LogP contribution in [0.4, 0.5) is 13.2 Å². The number of pyridine rings is 1. The van der Waals surface area contributed by atoms with Crippen LogP contribution in [0.25, 0.3) is 22.6 Å². The molecule has 4 rings (SSSR count). The van der Waals surface area contributed by atoms with Gasteiger partial charge in [0.05, 0.1) is 28.7 Å². The molecule has 0 aliphatic carbocycles. The van der Waals surface area contributed by atoms with Gasteiger partial charge in [-0.05, 0) is 25.3 Å². The van der Waals surface area contributed by atoms with Gasteiger partial charge in [0.1, 0.15) is 16.3 Å². The van der Waals surface area contributed by atoms with Crippen molar-refractivity contribution in [3.8, 4) is 11.5 Å². The SMILES string of the molecule is CCS(=O)(=O)c1c(-c2nc3cc(C(F)(F)F)ncc3n2C)nn2c1CCCC2. The maximum Gasteiger partial charge on any atom is 0.433 e. The van der Waals surface area contributed by atoms with Crippen molar-refractivity contribution in [2.24, 2.45) is 7.05 Å². The van der Waals surface area contributed by atoms with Crippen molar-refractivity contribution in [3.05, 3.63) is 23.7 Å². The first-order valence-corrected chi connectivity index (χ1v) is 10.5. The number of hydrogen-bond acceptors (Lipinski definition) is 5. The lowest BCUT2D eigenvalue weighted by atomic mass is 10.1. The Morgan fingerprint density at radius 1 is 1.25 bits per heavy atom. The molecule has 0 spiro atoms. The maximum atomic E-state index is 13.0. The average molecular weight is 413 g/mol. The largest absolute Gasteiger partial charge is 0.433 e. The zero-order valence-electron chi connectivity index (χ0n) is 15.3. The molecule has 0 amide bonds. The van der Waals surface area contributed by atoms with Crippen LogP contribution in [0.3, 0.4) is 0 Å². The molecule has 0 bridgehead atoms. The molecule has 150 valence electrons. The van der Waals surface area contributed by atoms with Crippen molar-refractivity contribution in [3.63, 3.8) is 0 Å². The molecular formula is C17H18F3N5O2S. The molecule has 1 aliphatic rings. The van der Waals surface area contributed by atoms with Crippen LogP contribution >= 0.6 is 0 Å². The summed E-state index contributed by atoms with van der Waals surface area (Å²) in [7, 11) is -1.98. The number of sulfone groups is 1. The van der Waals surface area contributed by atoms with Gasteiger partial charge >= 0.3 is 6.18 Å². The summed E-state index contributed by atoms with van der Waals surface area (Å²) in [6.07, 6.45) is -1.15. The van der Waals surface area contributed by atoms with Gasteiger partial charge in [0.2, 0.25) is 0 Å². The second kappa shape index (κ2) is 6.29. The average Bonchev–Trinajstić information content (AvgIpc) is 3.19. The van der Waals surface area contributed by atoms with E-state index in [1.165, 1.54) is 4.57 Å². The molecule has 0 unspecified atom stereocenters. The van der Waals surface area contributed by atoms with E-state index in [1.54, 1.807) is 18.7 Å². The fourth-order valence-corrected chi connectivity index (χ4v) is 4.82. The molecule has 0 N–H and O–H groups in total. The van der Waals surface area contributed by atoms with Crippen LogP contribution in [0.15, 0.2) is 17.2 Å². The first-order chi connectivity index (χ1) is 13.1. The highest BCUT2D eigenvalue weighted by molar-refractivity contribution is 7.91. The van der Waals surface area contributed by atoms with Gasteiger partial charge in [0.15, 0.2) is 15.7 Å². The van der Waals surface area contributed by atoms with Crippen LogP contribution in [0, 0.1) is 0 Å². The van der Waals surface area contributed by atoms with Crippen LogP contribution in [-0.2, 0) is 36.0 Å². The van der Waals surface area contributed by atoms with E-state index < -0.39 is 21.7 Å². The first kappa shape index (κ1) is 18.9. The Labute approximate surface area is 159 Å². The summed E-state index contributed by atoms with van der Waals surface area (Å²) in [6, 6.07) is 0.864. The molecule has 0 atom stereocenters. The minimum Gasteiger partial charge on any atom is -0.324 e. The Bertz CT molecular complexity index is 1180. The Balaban J connectivity index is 1.98. The molecule has 28 heavy (non-hydrogen) atoms. The monoisotopic (exact) mass is 413 g/mol. The number of imidazole rings is 1. The van der Waals surface area contributed by atoms with Crippen molar-refractivity contribution in [2.75, 3.05) is 5.75 Å². The van der Waals surface area contributed by atoms with E-state index in [4.69, 9.17) is 0 Å². The number of halogens is 3. The smallest absolute Gasteiger partial charge is 0.324 e. The van der Waals surface area contributed by atoms with Crippen LogP contribution in [0.1, 0.15) is 31.2 Å². The fourth-order valence-electron chi connectivity index (χ4n) is 3.53. The van der Waals surface area contributed by atoms with Crippen molar-refractivity contribution in [2.45, 2.75) is 43.8 Å². The van der Waals surface area contributed by atoms with E-state index in [2.05, 4.69) is 15.1 Å². The van der Waals surface area contributed by atoms with E-state index in [0.717, 1.165) is 25.1 Å². The molecule has 0 radical (unpaired) electrons. The van der Waals surface area contributed by atoms with Gasteiger partial charge in [-0.3, -0.25) is 4.68 Å². The van der Waals surface area contributed by atoms with Gasteiger partial charge in [-0.25, -0.2) is 18.4 Å². The van der Waals surface area contributed by atoms with Crippen LogP contribution in [0.2, 0.25) is 0 Å². The van der Waals surface area contributed by atoms with Gasteiger partial charge in [-0.15, -0.1) is 0 Å². The summed E-state index contributed by atoms with van der Waals surface area (Å²) in [6.45, 7) is 2.16. The number of fused-ring (bicyclic) bond motifs is 2. The van der Waals surface area contributed by atoms with Crippen LogP contribution in [-0.4, -0.2) is 38.5 Å². The Kier molecular flexibility index (Phi) is 4.25. The van der Waals surface area contributed by atoms with E-state index in [0.29, 0.717) is 24.2 Å². The van der Waals surface area contributed by atoms with Gasteiger partial charge in [0.25, 0.3) is 0 Å². The van der Waals surface area contributed by atoms with Crippen LogP contribution < -0.4 is 0 Å². The Morgan fingerprint density at radius 2 is 2.00 bits per heavy atom. The van der Waals surface area contributed by atoms with Gasteiger partial charge in [-0.2, -0.15) is 18.3 Å². The number of hydrogen-bond donors (Lipinski definition) is 0. The topological polar surface area (TPSA) is 82.7 Å². The second-order valence-corrected chi connectivity index (χ2v) is 8.97. The first-order valence-electron chi connectivity index (χ1n) is 8.86. The number of aromatic nitrogens is 5. The minimum absolute atomic E-state index is 0.0886. The predicted octanol–water partition coefficient (Wildman–Crippen LogP) is 2.98. The lowest BCUT2D eigenvalue weighted by Gasteiger charge is -2.14. The Hall–Kier alpha value is -2.43. The lowest BCUT2D eigenvalue weighted by molar-refractivity contribution is -0.141. The maximum absolute atomic E-state index is 13.0. The molecule has 4 heterocycles. The summed E-state index contributed by atoms with van der Waals surface area (Å²) in [5.74, 6) is 0.118. The summed E-state index contributed by atoms with van der Waals surface area (Å²) < 4.78 is 67.7. The number of alkyl halides is 3. The highest BCUT2D eigenvalue weighted by Crippen LogP contribution is 2.35. The third-order valence-corrected chi connectivity index (χ3v) is 6.81. The quantitative estimate of drug-likeness (QED) is 0.659. The molecule has 3 aromatic heterocycles. The lowest BCUT2D eigenvalue weighted by Crippen LogP contribution is -2.14. The number of rotatable bonds is 3. The van der Waals surface area contributed by atoms with Crippen LogP contribution in [0.5, 0.6) is 0 Å². The van der Waals surface area contributed by atoms with Crippen molar-refractivity contribution in [1.29, 1.82) is 0 Å². The third kappa shape index (κ3) is 2.88. The summed E-state index contributed by atoms with van der Waals surface area (Å²) in [5.41, 5.74) is 0.241. The van der Waals surface area contributed by atoms with Gasteiger partial charge in [-0.1, -0.05) is 6.92 Å². The molecule has 11 heteroatoms. The molecule has 0 saturated heterocycles.